The van der Waals surface area contributed by atoms with Crippen LogP contribution >= 0.6 is 11.6 Å². The van der Waals surface area contributed by atoms with E-state index < -0.39 is 22.0 Å². The van der Waals surface area contributed by atoms with Crippen LogP contribution in [-0.2, 0) is 26.0 Å². The van der Waals surface area contributed by atoms with Crippen molar-refractivity contribution in [3.8, 4) is 5.75 Å². The first-order valence-corrected chi connectivity index (χ1v) is 9.67. The summed E-state index contributed by atoms with van der Waals surface area (Å²) >= 11 is 6.04. The average Bonchev–Trinajstić information content (AvgIpc) is 2.61. The fourth-order valence-electron chi connectivity index (χ4n) is 2.57. The number of amides is 1. The quantitative estimate of drug-likeness (QED) is 0.665. The van der Waals surface area contributed by atoms with Crippen LogP contribution in [-0.4, -0.2) is 38.0 Å². The summed E-state index contributed by atoms with van der Waals surface area (Å²) in [5.74, 6) is -1.57. The van der Waals surface area contributed by atoms with Gasteiger partial charge in [-0.15, -0.1) is 0 Å². The van der Waals surface area contributed by atoms with E-state index in [0.29, 0.717) is 5.56 Å². The normalized spacial score (nSPS) is 14.6. The molecule has 0 aliphatic carbocycles. The summed E-state index contributed by atoms with van der Waals surface area (Å²) in [7, 11) is -4.26. The summed E-state index contributed by atoms with van der Waals surface area (Å²) in [4.78, 5) is 22.5. The highest BCUT2D eigenvalue weighted by molar-refractivity contribution is 7.89. The second-order valence-electron chi connectivity index (χ2n) is 5.82. The number of sulfonamides is 1. The molecule has 0 fully saturated rings. The predicted octanol–water partition coefficient (Wildman–Crippen LogP) is 1.65. The van der Waals surface area contributed by atoms with Crippen LogP contribution in [0.15, 0.2) is 47.4 Å². The van der Waals surface area contributed by atoms with E-state index >= 15 is 0 Å². The van der Waals surface area contributed by atoms with Crippen molar-refractivity contribution in [2.45, 2.75) is 17.4 Å². The molecule has 0 bridgehead atoms. The number of ether oxygens (including phenoxy) is 1. The largest absolute Gasteiger partial charge is 0.482 e. The molecule has 1 atom stereocenters. The van der Waals surface area contributed by atoms with Gasteiger partial charge in [0.15, 0.2) is 6.61 Å². The number of anilines is 1. The van der Waals surface area contributed by atoms with Crippen molar-refractivity contribution in [2.75, 3.05) is 11.9 Å². The molecule has 3 rings (SSSR count). The van der Waals surface area contributed by atoms with Crippen LogP contribution in [0.2, 0.25) is 5.02 Å². The fraction of sp³-hybridized carbons (Fsp3) is 0.176. The molecule has 142 valence electrons. The molecule has 1 unspecified atom stereocenters. The van der Waals surface area contributed by atoms with Crippen molar-refractivity contribution in [1.82, 2.24) is 4.72 Å². The lowest BCUT2D eigenvalue weighted by Gasteiger charge is -2.20. The number of fused-ring (bicyclic) bond motifs is 1. The Morgan fingerprint density at radius 1 is 1.30 bits per heavy atom. The highest BCUT2D eigenvalue weighted by Crippen LogP contribution is 2.35. The monoisotopic (exact) mass is 410 g/mol. The molecule has 0 radical (unpaired) electrons. The smallest absolute Gasteiger partial charge is 0.322 e. The van der Waals surface area contributed by atoms with Crippen molar-refractivity contribution in [1.29, 1.82) is 0 Å². The lowest BCUT2D eigenvalue weighted by atomic mass is 10.1. The zero-order valence-corrected chi connectivity index (χ0v) is 15.4. The van der Waals surface area contributed by atoms with Crippen LogP contribution in [0.4, 0.5) is 5.69 Å². The van der Waals surface area contributed by atoms with Gasteiger partial charge in [-0.25, -0.2) is 8.42 Å². The van der Waals surface area contributed by atoms with E-state index in [1.54, 1.807) is 30.3 Å². The molecule has 27 heavy (non-hydrogen) atoms. The van der Waals surface area contributed by atoms with E-state index in [1.807, 2.05) is 0 Å². The third-order valence-corrected chi connectivity index (χ3v) is 5.77. The van der Waals surface area contributed by atoms with Crippen LogP contribution in [0.5, 0.6) is 5.75 Å². The molecule has 0 aromatic heterocycles. The van der Waals surface area contributed by atoms with Gasteiger partial charge in [-0.2, -0.15) is 4.72 Å². The van der Waals surface area contributed by atoms with E-state index in [-0.39, 0.29) is 40.3 Å². The SMILES string of the molecule is O=C1COc2cc(S(=O)(=O)NC(Cc3ccccc3)C(=O)O)c(Cl)cc2N1. The Hall–Kier alpha value is -2.62. The third kappa shape index (κ3) is 4.38. The summed E-state index contributed by atoms with van der Waals surface area (Å²) in [6.07, 6.45) is -0.0372. The van der Waals surface area contributed by atoms with Gasteiger partial charge < -0.3 is 15.2 Å². The van der Waals surface area contributed by atoms with Crippen LogP contribution in [0.25, 0.3) is 0 Å². The van der Waals surface area contributed by atoms with Crippen LogP contribution in [0.1, 0.15) is 5.56 Å². The Bertz CT molecular complexity index is 994. The number of nitrogens with one attached hydrogen (secondary N) is 2. The molecule has 2 aromatic carbocycles. The summed E-state index contributed by atoms with van der Waals surface area (Å²) in [6.45, 7) is -0.257. The standard InChI is InChI=1S/C17H15ClN2O6S/c18-11-7-12-14(26-9-16(21)19-12)8-15(11)27(24,25)20-13(17(22)23)6-10-4-2-1-3-5-10/h1-5,7-8,13,20H,6,9H2,(H,19,21)(H,22,23). The van der Waals surface area contributed by atoms with Gasteiger partial charge in [0.25, 0.3) is 5.91 Å². The zero-order valence-electron chi connectivity index (χ0n) is 13.8. The Morgan fingerprint density at radius 3 is 2.67 bits per heavy atom. The molecule has 1 aliphatic rings. The summed E-state index contributed by atoms with van der Waals surface area (Å²) in [6, 6.07) is 9.65. The predicted molar refractivity (Wildman–Crippen MR) is 97.5 cm³/mol. The average molecular weight is 411 g/mol. The van der Waals surface area contributed by atoms with Gasteiger partial charge >= 0.3 is 5.97 Å². The highest BCUT2D eigenvalue weighted by Gasteiger charge is 2.29. The zero-order chi connectivity index (χ0) is 19.6. The molecular formula is C17H15ClN2O6S. The first-order chi connectivity index (χ1) is 12.8. The molecule has 10 heteroatoms. The van der Waals surface area contributed by atoms with Gasteiger partial charge in [0.1, 0.15) is 16.7 Å². The number of aliphatic carboxylic acids is 1. The number of benzene rings is 2. The molecule has 0 saturated heterocycles. The summed E-state index contributed by atoms with van der Waals surface area (Å²) in [5, 5.41) is 11.7. The topological polar surface area (TPSA) is 122 Å². The first-order valence-electron chi connectivity index (χ1n) is 7.81. The number of carboxylic acid groups (broad SMARTS) is 1. The maximum Gasteiger partial charge on any atom is 0.322 e. The molecule has 3 N–H and O–H groups in total. The van der Waals surface area contributed by atoms with Crippen molar-refractivity contribution < 1.29 is 27.9 Å². The lowest BCUT2D eigenvalue weighted by Crippen LogP contribution is -2.42. The highest BCUT2D eigenvalue weighted by atomic mass is 35.5. The van der Waals surface area contributed by atoms with E-state index in [1.165, 1.54) is 6.07 Å². The van der Waals surface area contributed by atoms with Gasteiger partial charge in [-0.3, -0.25) is 9.59 Å². The molecular weight excluding hydrogens is 396 g/mol. The number of carbonyl (C=O) groups is 2. The molecule has 1 aliphatic heterocycles. The Morgan fingerprint density at radius 2 is 2.00 bits per heavy atom. The number of rotatable bonds is 6. The number of carbonyl (C=O) groups excluding carboxylic acids is 1. The van der Waals surface area contributed by atoms with Crippen LogP contribution < -0.4 is 14.8 Å². The number of carboxylic acids is 1. The summed E-state index contributed by atoms with van der Waals surface area (Å²) < 4.78 is 32.8. The van der Waals surface area contributed by atoms with E-state index in [4.69, 9.17) is 16.3 Å². The second kappa shape index (κ2) is 7.55. The van der Waals surface area contributed by atoms with Crippen LogP contribution in [0, 0.1) is 0 Å². The molecule has 8 nitrogen and oxygen atoms in total. The Labute approximate surface area is 160 Å². The second-order valence-corrected chi connectivity index (χ2v) is 7.91. The number of hydrogen-bond donors (Lipinski definition) is 3. The number of halogens is 1. The molecule has 0 spiro atoms. The van der Waals surface area contributed by atoms with Crippen molar-refractivity contribution in [2.24, 2.45) is 0 Å². The van der Waals surface area contributed by atoms with Crippen molar-refractivity contribution in [3.05, 3.63) is 53.1 Å². The van der Waals surface area contributed by atoms with Crippen LogP contribution in [0.3, 0.4) is 0 Å². The van der Waals surface area contributed by atoms with Crippen molar-refractivity contribution in [3.63, 3.8) is 0 Å². The van der Waals surface area contributed by atoms with E-state index in [2.05, 4.69) is 10.0 Å². The maximum atomic E-state index is 12.7. The molecule has 2 aromatic rings. The lowest BCUT2D eigenvalue weighted by molar-refractivity contribution is -0.138. The maximum absolute atomic E-state index is 12.7. The minimum absolute atomic E-state index is 0.0372. The van der Waals surface area contributed by atoms with Gasteiger partial charge in [-0.05, 0) is 18.1 Å². The Balaban J connectivity index is 1.89. The van der Waals surface area contributed by atoms with Crippen molar-refractivity contribution >= 4 is 39.2 Å². The minimum atomic E-state index is -4.26. The molecule has 1 heterocycles. The van der Waals surface area contributed by atoms with Gasteiger partial charge in [-0.1, -0.05) is 41.9 Å². The van der Waals surface area contributed by atoms with E-state index in [9.17, 15) is 23.1 Å². The van der Waals surface area contributed by atoms with Gasteiger partial charge in [0, 0.05) is 6.07 Å². The minimum Gasteiger partial charge on any atom is -0.482 e. The molecule has 1 amide bonds. The third-order valence-electron chi connectivity index (χ3n) is 3.83. The fourth-order valence-corrected chi connectivity index (χ4v) is 4.30. The molecule has 0 saturated carbocycles. The van der Waals surface area contributed by atoms with E-state index in [0.717, 1.165) is 6.07 Å². The first kappa shape index (κ1) is 19.2. The number of hydrogen-bond acceptors (Lipinski definition) is 5. The summed E-state index contributed by atoms with van der Waals surface area (Å²) in [5.41, 5.74) is 0.907. The van der Waals surface area contributed by atoms with Gasteiger partial charge in [0.05, 0.1) is 10.7 Å². The van der Waals surface area contributed by atoms with Gasteiger partial charge in [0.2, 0.25) is 10.0 Å². The Kier molecular flexibility index (Phi) is 5.36.